The van der Waals surface area contributed by atoms with Crippen LogP contribution in [-0.2, 0) is 35.9 Å². The molecule has 1 unspecified atom stereocenters. The minimum absolute atomic E-state index is 0. The van der Waals surface area contributed by atoms with Crippen LogP contribution in [0.4, 0.5) is 0 Å². The van der Waals surface area contributed by atoms with E-state index in [0.717, 1.165) is 11.1 Å². The van der Waals surface area contributed by atoms with Gasteiger partial charge in [-0.1, -0.05) is 60.7 Å². The van der Waals surface area contributed by atoms with Gasteiger partial charge in [0.25, 0.3) is 0 Å². The molecule has 0 saturated carbocycles. The van der Waals surface area contributed by atoms with Crippen molar-refractivity contribution in [3.05, 3.63) is 71.8 Å². The van der Waals surface area contributed by atoms with Crippen LogP contribution in [0.2, 0.25) is 0 Å². The molecule has 0 aliphatic heterocycles. The van der Waals surface area contributed by atoms with E-state index in [-0.39, 0.29) is 31.1 Å². The van der Waals surface area contributed by atoms with Crippen molar-refractivity contribution >= 4 is 10.0 Å². The summed E-state index contributed by atoms with van der Waals surface area (Å²) in [6.45, 7) is 0. The van der Waals surface area contributed by atoms with Crippen LogP contribution in [0.3, 0.4) is 0 Å². The second-order valence-electron chi connectivity index (χ2n) is 4.63. The SMILES string of the molecule is NS(=O)(=O)CC(Cc1ccccc1)c1ccccc1.[Ru+2]. The van der Waals surface area contributed by atoms with E-state index >= 15 is 0 Å². The van der Waals surface area contributed by atoms with Crippen LogP contribution in [0.1, 0.15) is 17.0 Å². The summed E-state index contributed by atoms with van der Waals surface area (Å²) in [4.78, 5) is 0. The van der Waals surface area contributed by atoms with Gasteiger partial charge >= 0.3 is 19.5 Å². The third-order valence-corrected chi connectivity index (χ3v) is 3.90. The summed E-state index contributed by atoms with van der Waals surface area (Å²) in [5.74, 6) is -0.148. The van der Waals surface area contributed by atoms with Gasteiger partial charge in [-0.25, -0.2) is 13.6 Å². The molecule has 1 atom stereocenters. The average molecular weight is 376 g/mol. The summed E-state index contributed by atoms with van der Waals surface area (Å²) in [7, 11) is -3.49. The smallest absolute Gasteiger partial charge is 0.229 e. The molecule has 106 valence electrons. The van der Waals surface area contributed by atoms with Gasteiger partial charge in [0.2, 0.25) is 10.0 Å². The third-order valence-electron chi connectivity index (χ3n) is 3.03. The van der Waals surface area contributed by atoms with E-state index in [4.69, 9.17) is 5.14 Å². The minimum Gasteiger partial charge on any atom is -0.229 e. The molecule has 2 rings (SSSR count). The molecule has 0 amide bonds. The van der Waals surface area contributed by atoms with Crippen LogP contribution in [0.5, 0.6) is 0 Å². The van der Waals surface area contributed by atoms with Crippen molar-refractivity contribution < 1.29 is 27.9 Å². The van der Waals surface area contributed by atoms with E-state index in [1.54, 1.807) is 0 Å². The fourth-order valence-corrected chi connectivity index (χ4v) is 3.05. The number of primary sulfonamides is 1. The first-order valence-corrected chi connectivity index (χ1v) is 7.85. The van der Waals surface area contributed by atoms with Crippen molar-refractivity contribution in [1.29, 1.82) is 0 Å². The Bertz CT molecular complexity index is 615. The predicted molar refractivity (Wildman–Crippen MR) is 77.3 cm³/mol. The second-order valence-corrected chi connectivity index (χ2v) is 6.29. The largest absolute Gasteiger partial charge is 2.00 e. The molecule has 0 spiro atoms. The Labute approximate surface area is 133 Å². The van der Waals surface area contributed by atoms with E-state index < -0.39 is 10.0 Å². The number of benzene rings is 2. The Morgan fingerprint density at radius 2 is 1.40 bits per heavy atom. The van der Waals surface area contributed by atoms with Crippen molar-refractivity contribution in [2.75, 3.05) is 5.75 Å². The molecule has 20 heavy (non-hydrogen) atoms. The molecule has 2 N–H and O–H groups in total. The number of sulfonamides is 1. The van der Waals surface area contributed by atoms with Crippen LogP contribution in [0, 0.1) is 0 Å². The summed E-state index contributed by atoms with van der Waals surface area (Å²) < 4.78 is 22.8. The Kier molecular flexibility index (Phi) is 6.53. The van der Waals surface area contributed by atoms with Gasteiger partial charge in [0.1, 0.15) is 0 Å². The molecule has 2 aromatic rings. The summed E-state index contributed by atoms with van der Waals surface area (Å²) in [6, 6.07) is 19.5. The maximum atomic E-state index is 11.4. The zero-order valence-corrected chi connectivity index (χ0v) is 13.5. The Morgan fingerprint density at radius 1 is 0.900 bits per heavy atom. The van der Waals surface area contributed by atoms with Gasteiger partial charge in [-0.15, -0.1) is 0 Å². The maximum absolute atomic E-state index is 11.4. The van der Waals surface area contributed by atoms with Crippen LogP contribution in [0.25, 0.3) is 0 Å². The van der Waals surface area contributed by atoms with E-state index in [1.165, 1.54) is 0 Å². The number of nitrogens with two attached hydrogens (primary N) is 1. The van der Waals surface area contributed by atoms with Crippen LogP contribution >= 0.6 is 0 Å². The van der Waals surface area contributed by atoms with Crippen molar-refractivity contribution in [1.82, 2.24) is 0 Å². The van der Waals surface area contributed by atoms with Gasteiger partial charge in [0.15, 0.2) is 0 Å². The van der Waals surface area contributed by atoms with Gasteiger partial charge < -0.3 is 0 Å². The molecule has 0 aliphatic rings. The van der Waals surface area contributed by atoms with Gasteiger partial charge in [-0.2, -0.15) is 0 Å². The molecule has 0 saturated heterocycles. The molecule has 0 aromatic heterocycles. The zero-order valence-electron chi connectivity index (χ0n) is 10.9. The molecule has 0 fully saturated rings. The maximum Gasteiger partial charge on any atom is 2.00 e. The third kappa shape index (κ3) is 5.53. The van der Waals surface area contributed by atoms with Crippen molar-refractivity contribution in [3.8, 4) is 0 Å². The number of hydrogen-bond donors (Lipinski definition) is 1. The van der Waals surface area contributed by atoms with E-state index in [0.29, 0.717) is 6.42 Å². The first-order valence-electron chi connectivity index (χ1n) is 6.14. The van der Waals surface area contributed by atoms with Crippen LogP contribution in [-0.4, -0.2) is 14.2 Å². The van der Waals surface area contributed by atoms with Gasteiger partial charge in [-0.05, 0) is 17.5 Å². The summed E-state index contributed by atoms with van der Waals surface area (Å²) in [5, 5.41) is 5.20. The first-order chi connectivity index (χ1) is 9.04. The molecule has 3 nitrogen and oxygen atoms in total. The fraction of sp³-hybridized carbons (Fsp3) is 0.200. The number of hydrogen-bond acceptors (Lipinski definition) is 2. The van der Waals surface area contributed by atoms with Gasteiger partial charge in [0.05, 0.1) is 5.75 Å². The molecular formula is C15H17NO2RuS+2. The van der Waals surface area contributed by atoms with Gasteiger partial charge in [-0.3, -0.25) is 0 Å². The fourth-order valence-electron chi connectivity index (χ4n) is 2.18. The van der Waals surface area contributed by atoms with Crippen molar-refractivity contribution in [2.24, 2.45) is 5.14 Å². The van der Waals surface area contributed by atoms with Crippen molar-refractivity contribution in [3.63, 3.8) is 0 Å². The average Bonchev–Trinajstić information content (AvgIpc) is 2.39. The quantitative estimate of drug-likeness (QED) is 0.814. The van der Waals surface area contributed by atoms with Gasteiger partial charge in [0, 0.05) is 5.92 Å². The first kappa shape index (κ1) is 17.0. The summed E-state index contributed by atoms with van der Waals surface area (Å²) in [5.41, 5.74) is 2.11. The zero-order chi connectivity index (χ0) is 13.7. The summed E-state index contributed by atoms with van der Waals surface area (Å²) >= 11 is 0. The predicted octanol–water partition coefficient (Wildman–Crippen LogP) is 2.30. The summed E-state index contributed by atoms with van der Waals surface area (Å²) in [6.07, 6.45) is 0.668. The topological polar surface area (TPSA) is 60.2 Å². The van der Waals surface area contributed by atoms with Crippen LogP contribution in [0.15, 0.2) is 60.7 Å². The second kappa shape index (κ2) is 7.68. The Hall–Kier alpha value is -1.03. The molecular weight excluding hydrogens is 359 g/mol. The van der Waals surface area contributed by atoms with Crippen LogP contribution < -0.4 is 5.14 Å². The van der Waals surface area contributed by atoms with E-state index in [9.17, 15) is 8.42 Å². The molecule has 0 radical (unpaired) electrons. The molecule has 5 heteroatoms. The molecule has 0 bridgehead atoms. The van der Waals surface area contributed by atoms with Crippen molar-refractivity contribution in [2.45, 2.75) is 12.3 Å². The Morgan fingerprint density at radius 3 is 1.90 bits per heavy atom. The Balaban J connectivity index is 0.00000200. The minimum atomic E-state index is -3.49. The van der Waals surface area contributed by atoms with E-state index in [1.807, 2.05) is 60.7 Å². The molecule has 0 aliphatic carbocycles. The normalized spacial score (nSPS) is 12.4. The molecule has 0 heterocycles. The monoisotopic (exact) mass is 377 g/mol. The molecule has 2 aromatic carbocycles. The van der Waals surface area contributed by atoms with E-state index in [2.05, 4.69) is 0 Å². The standard InChI is InChI=1S/C15H17NO2S.Ru/c16-19(17,18)12-15(14-9-5-2-6-10-14)11-13-7-3-1-4-8-13;/h1-10,15H,11-12H2,(H2,16,17,18);/q;+2. The number of rotatable bonds is 5.